The van der Waals surface area contributed by atoms with Gasteiger partial charge in [-0.1, -0.05) is 13.8 Å². The van der Waals surface area contributed by atoms with Gasteiger partial charge in [-0.05, 0) is 37.8 Å². The molecule has 0 aromatic heterocycles. The van der Waals surface area contributed by atoms with Gasteiger partial charge in [-0.2, -0.15) is 0 Å². The minimum absolute atomic E-state index is 0.119. The molecule has 1 saturated carbocycles. The summed E-state index contributed by atoms with van der Waals surface area (Å²) in [6, 6.07) is 0. The lowest BCUT2D eigenvalue weighted by atomic mass is 9.76. The van der Waals surface area contributed by atoms with Crippen molar-refractivity contribution in [3.8, 4) is 0 Å². The van der Waals surface area contributed by atoms with Crippen molar-refractivity contribution in [2.45, 2.75) is 45.5 Å². The monoisotopic (exact) mass is 205 g/mol. The summed E-state index contributed by atoms with van der Waals surface area (Å²) in [5, 5.41) is 3.19. The maximum atomic E-state index is 12.7. The first kappa shape index (κ1) is 11.9. The molecule has 14 heavy (non-hydrogen) atoms. The molecule has 1 aliphatic carbocycles. The average molecular weight is 205 g/mol. The van der Waals surface area contributed by atoms with Crippen LogP contribution in [0.3, 0.4) is 0 Å². The van der Waals surface area contributed by atoms with Crippen molar-refractivity contribution in [3.63, 3.8) is 0 Å². The molecule has 0 aromatic carbocycles. The highest BCUT2D eigenvalue weighted by atomic mass is 19.3. The fourth-order valence-electron chi connectivity index (χ4n) is 2.18. The first-order valence-corrected chi connectivity index (χ1v) is 5.76. The Labute approximate surface area is 85.3 Å². The van der Waals surface area contributed by atoms with Crippen LogP contribution in [-0.4, -0.2) is 19.0 Å². The fourth-order valence-corrected chi connectivity index (χ4v) is 2.18. The van der Waals surface area contributed by atoms with Crippen LogP contribution in [0.1, 0.15) is 39.5 Å². The molecule has 0 aromatic rings. The largest absolute Gasteiger partial charge is 0.316 e. The summed E-state index contributed by atoms with van der Waals surface area (Å²) in [6.07, 6.45) is 1.71. The molecule has 1 nitrogen and oxygen atoms in total. The smallest absolute Gasteiger partial charge is 0.248 e. The van der Waals surface area contributed by atoms with Crippen LogP contribution < -0.4 is 5.32 Å². The summed E-state index contributed by atoms with van der Waals surface area (Å²) in [5.41, 5.74) is 0. The van der Waals surface area contributed by atoms with E-state index in [2.05, 4.69) is 5.32 Å². The predicted octanol–water partition coefficient (Wildman–Crippen LogP) is 3.06. The lowest BCUT2D eigenvalue weighted by Gasteiger charge is -2.38. The first-order chi connectivity index (χ1) is 6.67. The Kier molecular flexibility index (Phi) is 4.30. The second-order valence-corrected chi connectivity index (χ2v) is 4.11. The highest BCUT2D eigenvalue weighted by molar-refractivity contribution is 4.87. The first-order valence-electron chi connectivity index (χ1n) is 5.76. The zero-order chi connectivity index (χ0) is 10.6. The average Bonchev–Trinajstić information content (AvgIpc) is 2.09. The standard InChI is InChI=1S/C9H15F2N.C2H6/c10-9(11)3-1-7(2-4-9)8-5-12-6-8;1-2/h7-8,12H,1-6H2;1-2H3. The van der Waals surface area contributed by atoms with Gasteiger partial charge in [0.2, 0.25) is 5.92 Å². The molecular weight excluding hydrogens is 184 g/mol. The molecule has 0 atom stereocenters. The Hall–Kier alpha value is -0.180. The van der Waals surface area contributed by atoms with Gasteiger partial charge in [0, 0.05) is 12.8 Å². The summed E-state index contributed by atoms with van der Waals surface area (Å²) in [4.78, 5) is 0. The van der Waals surface area contributed by atoms with Gasteiger partial charge in [0.25, 0.3) is 0 Å². The van der Waals surface area contributed by atoms with E-state index in [1.807, 2.05) is 13.8 Å². The highest BCUT2D eigenvalue weighted by Gasteiger charge is 2.38. The minimum atomic E-state index is -2.35. The molecule has 0 unspecified atom stereocenters. The molecule has 0 radical (unpaired) electrons. The minimum Gasteiger partial charge on any atom is -0.316 e. The molecule has 0 bridgehead atoms. The molecular formula is C11H21F2N. The van der Waals surface area contributed by atoms with Crippen molar-refractivity contribution in [1.82, 2.24) is 5.32 Å². The number of nitrogens with one attached hydrogen (secondary N) is 1. The van der Waals surface area contributed by atoms with Crippen molar-refractivity contribution in [3.05, 3.63) is 0 Å². The lowest BCUT2D eigenvalue weighted by molar-refractivity contribution is -0.0551. The van der Waals surface area contributed by atoms with Crippen molar-refractivity contribution in [2.75, 3.05) is 13.1 Å². The molecule has 84 valence electrons. The van der Waals surface area contributed by atoms with Crippen LogP contribution in [0.4, 0.5) is 8.78 Å². The molecule has 2 aliphatic rings. The Morgan fingerprint density at radius 2 is 1.50 bits per heavy atom. The van der Waals surface area contributed by atoms with E-state index in [0.29, 0.717) is 11.8 Å². The van der Waals surface area contributed by atoms with Gasteiger partial charge in [-0.15, -0.1) is 0 Å². The third-order valence-corrected chi connectivity index (χ3v) is 3.24. The molecule has 1 saturated heterocycles. The second kappa shape index (κ2) is 5.06. The molecule has 0 spiro atoms. The van der Waals surface area contributed by atoms with Crippen molar-refractivity contribution >= 4 is 0 Å². The van der Waals surface area contributed by atoms with Crippen LogP contribution in [0.15, 0.2) is 0 Å². The molecule has 0 amide bonds. The SMILES string of the molecule is CC.FC1(F)CCC(C2CNC2)CC1. The van der Waals surface area contributed by atoms with E-state index in [-0.39, 0.29) is 12.8 Å². The van der Waals surface area contributed by atoms with E-state index in [9.17, 15) is 8.78 Å². The number of rotatable bonds is 1. The van der Waals surface area contributed by atoms with Crippen LogP contribution in [0, 0.1) is 11.8 Å². The molecule has 1 heterocycles. The molecule has 1 N–H and O–H groups in total. The van der Waals surface area contributed by atoms with Crippen LogP contribution in [0.5, 0.6) is 0 Å². The second-order valence-electron chi connectivity index (χ2n) is 4.11. The third kappa shape index (κ3) is 2.91. The van der Waals surface area contributed by atoms with E-state index in [1.54, 1.807) is 0 Å². The van der Waals surface area contributed by atoms with E-state index in [1.165, 1.54) is 0 Å². The van der Waals surface area contributed by atoms with Crippen LogP contribution in [0.2, 0.25) is 0 Å². The summed E-state index contributed by atoms with van der Waals surface area (Å²) < 4.78 is 25.5. The van der Waals surface area contributed by atoms with Crippen LogP contribution in [-0.2, 0) is 0 Å². The van der Waals surface area contributed by atoms with E-state index in [4.69, 9.17) is 0 Å². The molecule has 2 rings (SSSR count). The summed E-state index contributed by atoms with van der Waals surface area (Å²) in [5.74, 6) is -1.08. The zero-order valence-corrected chi connectivity index (χ0v) is 9.15. The maximum Gasteiger partial charge on any atom is 0.248 e. The van der Waals surface area contributed by atoms with Crippen LogP contribution in [0.25, 0.3) is 0 Å². The summed E-state index contributed by atoms with van der Waals surface area (Å²) in [7, 11) is 0. The van der Waals surface area contributed by atoms with Crippen molar-refractivity contribution < 1.29 is 8.78 Å². The summed E-state index contributed by atoms with van der Waals surface area (Å²) >= 11 is 0. The van der Waals surface area contributed by atoms with Gasteiger partial charge < -0.3 is 5.32 Å². The number of alkyl halides is 2. The topological polar surface area (TPSA) is 12.0 Å². The van der Waals surface area contributed by atoms with E-state index in [0.717, 1.165) is 25.9 Å². The lowest BCUT2D eigenvalue weighted by Crippen LogP contribution is -2.47. The highest BCUT2D eigenvalue weighted by Crippen LogP contribution is 2.39. The predicted molar refractivity (Wildman–Crippen MR) is 54.6 cm³/mol. The van der Waals surface area contributed by atoms with E-state index >= 15 is 0 Å². The van der Waals surface area contributed by atoms with Gasteiger partial charge in [-0.25, -0.2) is 8.78 Å². The van der Waals surface area contributed by atoms with Gasteiger partial charge in [-0.3, -0.25) is 0 Å². The zero-order valence-electron chi connectivity index (χ0n) is 9.15. The van der Waals surface area contributed by atoms with Gasteiger partial charge >= 0.3 is 0 Å². The number of hydrogen-bond donors (Lipinski definition) is 1. The number of halogens is 2. The Bertz CT molecular complexity index is 157. The normalized spacial score (nSPS) is 27.4. The fraction of sp³-hybridized carbons (Fsp3) is 1.00. The van der Waals surface area contributed by atoms with Crippen molar-refractivity contribution in [1.29, 1.82) is 0 Å². The molecule has 3 heteroatoms. The van der Waals surface area contributed by atoms with Gasteiger partial charge in [0.05, 0.1) is 0 Å². The van der Waals surface area contributed by atoms with E-state index < -0.39 is 5.92 Å². The van der Waals surface area contributed by atoms with Gasteiger partial charge in [0.1, 0.15) is 0 Å². The quantitative estimate of drug-likeness (QED) is 0.693. The molecule has 2 fully saturated rings. The summed E-state index contributed by atoms with van der Waals surface area (Å²) in [6.45, 7) is 6.10. The Morgan fingerprint density at radius 3 is 1.86 bits per heavy atom. The number of hydrogen-bond acceptors (Lipinski definition) is 1. The van der Waals surface area contributed by atoms with Gasteiger partial charge in [0.15, 0.2) is 0 Å². The maximum absolute atomic E-state index is 12.7. The molecule has 1 aliphatic heterocycles. The van der Waals surface area contributed by atoms with Crippen LogP contribution >= 0.6 is 0 Å². The van der Waals surface area contributed by atoms with Crippen molar-refractivity contribution in [2.24, 2.45) is 11.8 Å². The Morgan fingerprint density at radius 1 is 1.00 bits per heavy atom. The third-order valence-electron chi connectivity index (χ3n) is 3.24. The Balaban J connectivity index is 0.000000461.